The van der Waals surface area contributed by atoms with E-state index in [9.17, 15) is 14.4 Å². The van der Waals surface area contributed by atoms with E-state index >= 15 is 0 Å². The number of hydrogen-bond acceptors (Lipinski definition) is 5. The van der Waals surface area contributed by atoms with Gasteiger partial charge in [0.2, 0.25) is 11.8 Å². The Morgan fingerprint density at radius 3 is 2.76 bits per heavy atom. The maximum atomic E-state index is 13.0. The predicted molar refractivity (Wildman–Crippen MR) is 109 cm³/mol. The van der Waals surface area contributed by atoms with Gasteiger partial charge in [-0.3, -0.25) is 14.4 Å². The zero-order valence-corrected chi connectivity index (χ0v) is 16.8. The van der Waals surface area contributed by atoms with Crippen LogP contribution in [0.5, 0.6) is 0 Å². The monoisotopic (exact) mass is 402 g/mol. The maximum Gasteiger partial charge on any atom is 0.305 e. The first-order valence-electron chi connectivity index (χ1n) is 10.1. The molecule has 0 saturated heterocycles. The number of aliphatic hydroxyl groups is 1. The molecule has 0 bridgehead atoms. The van der Waals surface area contributed by atoms with E-state index in [1.165, 1.54) is 0 Å². The van der Waals surface area contributed by atoms with Crippen molar-refractivity contribution in [2.24, 2.45) is 5.92 Å². The molecule has 0 aliphatic carbocycles. The molecule has 1 aliphatic rings. The molecule has 29 heavy (non-hydrogen) atoms. The first-order chi connectivity index (χ1) is 14.0. The van der Waals surface area contributed by atoms with Crippen LogP contribution in [0.4, 0.5) is 0 Å². The molecule has 2 amide bonds. The molecule has 1 aliphatic heterocycles. The molecule has 0 fully saturated rings. The van der Waals surface area contributed by atoms with E-state index in [0.717, 1.165) is 5.56 Å². The van der Waals surface area contributed by atoms with Gasteiger partial charge in [0.05, 0.1) is 18.6 Å². The van der Waals surface area contributed by atoms with E-state index in [1.807, 2.05) is 42.5 Å². The number of nitrogens with one attached hydrogen (secondary N) is 2. The van der Waals surface area contributed by atoms with Crippen molar-refractivity contribution >= 4 is 17.8 Å². The van der Waals surface area contributed by atoms with Crippen molar-refractivity contribution in [1.82, 2.24) is 10.6 Å². The molecule has 0 unspecified atom stereocenters. The van der Waals surface area contributed by atoms with Crippen LogP contribution in [0.25, 0.3) is 0 Å². The summed E-state index contributed by atoms with van der Waals surface area (Å²) >= 11 is 0. The van der Waals surface area contributed by atoms with E-state index in [1.54, 1.807) is 6.92 Å². The molecule has 2 rings (SSSR count). The standard InChI is InChI=1S/C22H30N2O5/c1-16(14-25)23-20(26)13-18-11-5-2-3-8-12-21(27)29-15-19(24-22(18)28)17-9-6-4-7-10-17/h2,4-7,9-10,16,18-19,25H,3,8,11-15H2,1H3,(H,23,26)(H,24,28)/t16-,18-,19+/m1/s1. The highest BCUT2D eigenvalue weighted by molar-refractivity contribution is 5.86. The van der Waals surface area contributed by atoms with E-state index in [-0.39, 0.29) is 43.5 Å². The lowest BCUT2D eigenvalue weighted by Crippen LogP contribution is -2.40. The lowest BCUT2D eigenvalue weighted by atomic mass is 9.97. The zero-order valence-electron chi connectivity index (χ0n) is 16.8. The van der Waals surface area contributed by atoms with E-state index < -0.39 is 12.0 Å². The fourth-order valence-corrected chi connectivity index (χ4v) is 3.07. The Morgan fingerprint density at radius 2 is 2.03 bits per heavy atom. The number of rotatable bonds is 5. The van der Waals surface area contributed by atoms with Crippen LogP contribution in [0.15, 0.2) is 42.5 Å². The second kappa shape index (κ2) is 12.0. The number of cyclic esters (lactones) is 1. The smallest absolute Gasteiger partial charge is 0.305 e. The summed E-state index contributed by atoms with van der Waals surface area (Å²) in [6, 6.07) is 8.45. The summed E-state index contributed by atoms with van der Waals surface area (Å²) in [6.45, 7) is 1.58. The SMILES string of the molecule is C[C@H](CO)NC(=O)C[C@H]1CC=CCCCC(=O)OC[C@@H](c2ccccc2)NC1=O. The van der Waals surface area contributed by atoms with Gasteiger partial charge >= 0.3 is 5.97 Å². The first-order valence-corrected chi connectivity index (χ1v) is 10.1. The van der Waals surface area contributed by atoms with E-state index in [4.69, 9.17) is 9.84 Å². The molecule has 0 radical (unpaired) electrons. The summed E-state index contributed by atoms with van der Waals surface area (Å²) in [5.41, 5.74) is 0.830. The number of hydrogen-bond donors (Lipinski definition) is 3. The maximum absolute atomic E-state index is 13.0. The molecule has 1 heterocycles. The predicted octanol–water partition coefficient (Wildman–Crippen LogP) is 2.02. The molecule has 3 N–H and O–H groups in total. The number of ether oxygens (including phenoxy) is 1. The van der Waals surface area contributed by atoms with Crippen molar-refractivity contribution < 1.29 is 24.2 Å². The topological polar surface area (TPSA) is 105 Å². The molecule has 7 heteroatoms. The van der Waals surface area contributed by atoms with Crippen molar-refractivity contribution in [3.05, 3.63) is 48.0 Å². The molecule has 158 valence electrons. The van der Waals surface area contributed by atoms with Gasteiger partial charge in [0.1, 0.15) is 6.61 Å². The van der Waals surface area contributed by atoms with Crippen LogP contribution in [-0.2, 0) is 19.1 Å². The second-order valence-electron chi connectivity index (χ2n) is 7.31. The fraction of sp³-hybridized carbons (Fsp3) is 0.500. The number of aliphatic hydroxyl groups excluding tert-OH is 1. The molecule has 1 aromatic carbocycles. The minimum Gasteiger partial charge on any atom is -0.463 e. The minimum absolute atomic E-state index is 0.0157. The third-order valence-corrected chi connectivity index (χ3v) is 4.75. The summed E-state index contributed by atoms with van der Waals surface area (Å²) in [4.78, 5) is 37.2. The van der Waals surface area contributed by atoms with Crippen molar-refractivity contribution in [3.63, 3.8) is 0 Å². The lowest BCUT2D eigenvalue weighted by molar-refractivity contribution is -0.145. The van der Waals surface area contributed by atoms with Crippen LogP contribution in [-0.4, -0.2) is 42.1 Å². The molecule has 0 saturated carbocycles. The van der Waals surface area contributed by atoms with Crippen LogP contribution < -0.4 is 10.6 Å². The molecular formula is C22H30N2O5. The van der Waals surface area contributed by atoms with E-state index in [0.29, 0.717) is 25.7 Å². The normalized spacial score (nSPS) is 22.3. The summed E-state index contributed by atoms with van der Waals surface area (Å²) in [5, 5.41) is 14.7. The number of amides is 2. The third-order valence-electron chi connectivity index (χ3n) is 4.75. The zero-order chi connectivity index (χ0) is 21.1. The number of esters is 1. The number of allylic oxidation sites excluding steroid dienone is 2. The summed E-state index contributed by atoms with van der Waals surface area (Å²) in [7, 11) is 0. The average Bonchev–Trinajstić information content (AvgIpc) is 2.73. The highest BCUT2D eigenvalue weighted by atomic mass is 16.5. The second-order valence-corrected chi connectivity index (χ2v) is 7.31. The van der Waals surface area contributed by atoms with E-state index in [2.05, 4.69) is 10.6 Å². The number of benzene rings is 1. The molecule has 1 aromatic rings. The van der Waals surface area contributed by atoms with Crippen LogP contribution >= 0.6 is 0 Å². The third kappa shape index (κ3) is 8.07. The molecule has 3 atom stereocenters. The van der Waals surface area contributed by atoms with Gasteiger partial charge in [-0.1, -0.05) is 42.5 Å². The number of carbonyl (C=O) groups excluding carboxylic acids is 3. The van der Waals surface area contributed by atoms with Crippen molar-refractivity contribution in [1.29, 1.82) is 0 Å². The van der Waals surface area contributed by atoms with Crippen LogP contribution in [0.3, 0.4) is 0 Å². The largest absolute Gasteiger partial charge is 0.463 e. The Kier molecular flexibility index (Phi) is 9.37. The van der Waals surface area contributed by atoms with Crippen molar-refractivity contribution in [2.45, 2.75) is 51.1 Å². The highest BCUT2D eigenvalue weighted by Crippen LogP contribution is 2.18. The summed E-state index contributed by atoms with van der Waals surface area (Å²) < 4.78 is 5.37. The van der Waals surface area contributed by atoms with Crippen LogP contribution in [0.2, 0.25) is 0 Å². The van der Waals surface area contributed by atoms with Crippen LogP contribution in [0.1, 0.15) is 50.6 Å². The van der Waals surface area contributed by atoms with Gasteiger partial charge in [0.25, 0.3) is 0 Å². The lowest BCUT2D eigenvalue weighted by Gasteiger charge is -2.23. The van der Waals surface area contributed by atoms with Crippen molar-refractivity contribution in [2.75, 3.05) is 13.2 Å². The van der Waals surface area contributed by atoms with Gasteiger partial charge in [0.15, 0.2) is 0 Å². The summed E-state index contributed by atoms with van der Waals surface area (Å²) in [6.07, 6.45) is 5.95. The van der Waals surface area contributed by atoms with Gasteiger partial charge in [-0.05, 0) is 31.7 Å². The van der Waals surface area contributed by atoms with Gasteiger partial charge in [-0.25, -0.2) is 0 Å². The molecular weight excluding hydrogens is 372 g/mol. The van der Waals surface area contributed by atoms with Gasteiger partial charge < -0.3 is 20.5 Å². The molecule has 7 nitrogen and oxygen atoms in total. The minimum atomic E-state index is -0.556. The fourth-order valence-electron chi connectivity index (χ4n) is 3.07. The Hall–Kier alpha value is -2.67. The Morgan fingerprint density at radius 1 is 1.28 bits per heavy atom. The number of carbonyl (C=O) groups is 3. The molecule has 0 spiro atoms. The van der Waals surface area contributed by atoms with Gasteiger partial charge in [-0.2, -0.15) is 0 Å². The van der Waals surface area contributed by atoms with Crippen molar-refractivity contribution in [3.8, 4) is 0 Å². The van der Waals surface area contributed by atoms with Gasteiger partial charge in [-0.15, -0.1) is 0 Å². The first kappa shape index (κ1) is 22.6. The summed E-state index contributed by atoms with van der Waals surface area (Å²) in [5.74, 6) is -1.40. The average molecular weight is 402 g/mol. The molecule has 0 aromatic heterocycles. The Bertz CT molecular complexity index is 704. The Labute approximate surface area is 171 Å². The quantitative estimate of drug-likeness (QED) is 0.516. The van der Waals surface area contributed by atoms with Crippen LogP contribution in [0, 0.1) is 5.92 Å². The highest BCUT2D eigenvalue weighted by Gasteiger charge is 2.25. The Balaban J connectivity index is 2.16. The van der Waals surface area contributed by atoms with Gasteiger partial charge in [0, 0.05) is 18.9 Å².